The Morgan fingerprint density at radius 2 is 2.16 bits per heavy atom. The second-order valence-corrected chi connectivity index (χ2v) is 7.49. The number of nitrogens with zero attached hydrogens (tertiary/aromatic N) is 5. The van der Waals surface area contributed by atoms with E-state index in [1.165, 1.54) is 17.0 Å². The molecule has 7 nitrogen and oxygen atoms in total. The van der Waals surface area contributed by atoms with Gasteiger partial charge in [0.05, 0.1) is 12.8 Å². The molecule has 0 spiro atoms. The fourth-order valence-corrected chi connectivity index (χ4v) is 3.70. The number of pyridine rings is 1. The number of alkyl halides is 3. The number of hydrogen-bond acceptors (Lipinski definition) is 5. The molecule has 1 atom stereocenters. The van der Waals surface area contributed by atoms with Gasteiger partial charge in [0.2, 0.25) is 0 Å². The Morgan fingerprint density at radius 3 is 2.81 bits per heavy atom. The zero-order valence-electron chi connectivity index (χ0n) is 17.1. The van der Waals surface area contributed by atoms with Crippen molar-refractivity contribution in [2.24, 2.45) is 12.0 Å². The minimum atomic E-state index is -4.49. The third-order valence-corrected chi connectivity index (χ3v) is 5.29. The summed E-state index contributed by atoms with van der Waals surface area (Å²) in [5.74, 6) is -1.43. The summed E-state index contributed by atoms with van der Waals surface area (Å²) in [5.41, 5.74) is 1.18. The average Bonchev–Trinajstić information content (AvgIpc) is 3.20. The van der Waals surface area contributed by atoms with Crippen LogP contribution in [0.15, 0.2) is 35.6 Å². The second kappa shape index (κ2) is 8.40. The Morgan fingerprint density at radius 1 is 1.38 bits per heavy atom. The van der Waals surface area contributed by atoms with E-state index in [2.05, 4.69) is 21.8 Å². The highest BCUT2D eigenvalue weighted by atomic mass is 19.4. The molecule has 168 valence electrons. The molecule has 1 aromatic carbocycles. The number of benzene rings is 1. The maximum absolute atomic E-state index is 15.5. The fraction of sp³-hybridized carbons (Fsp3) is 0.333. The molecule has 0 saturated carbocycles. The molecule has 1 amide bonds. The predicted molar refractivity (Wildman–Crippen MR) is 109 cm³/mol. The highest BCUT2D eigenvalue weighted by Gasteiger charge is 2.43. The van der Waals surface area contributed by atoms with Gasteiger partial charge in [0.25, 0.3) is 5.91 Å². The lowest BCUT2D eigenvalue weighted by molar-refractivity contribution is -0.237. The zero-order valence-corrected chi connectivity index (χ0v) is 17.1. The predicted octanol–water partition coefficient (Wildman–Crippen LogP) is 3.38. The standard InChI is InChI=1S/C21H19F4N5O2/c1-26-20(31)16-7-15(13-8-27-29(2)9-13)14-4-3-12(18(22)19(14)28-16)10-30-5-6-32-17(11-30)21(23,24)25/h3-4,7-9,17H,1,5-6,10-11H2,2H3/t17-/m1/s1. The lowest BCUT2D eigenvalue weighted by atomic mass is 10.00. The van der Waals surface area contributed by atoms with Crippen molar-refractivity contribution in [3.05, 3.63) is 47.7 Å². The molecule has 2 aromatic heterocycles. The van der Waals surface area contributed by atoms with Gasteiger partial charge in [-0.2, -0.15) is 18.3 Å². The molecule has 3 heterocycles. The molecule has 1 fully saturated rings. The molecular weight excluding hydrogens is 430 g/mol. The Labute approximate surface area is 180 Å². The molecule has 0 bridgehead atoms. The van der Waals surface area contributed by atoms with Gasteiger partial charge in [-0.05, 0) is 18.3 Å². The molecule has 32 heavy (non-hydrogen) atoms. The Balaban J connectivity index is 1.76. The van der Waals surface area contributed by atoms with Crippen molar-refractivity contribution < 1.29 is 27.1 Å². The molecular formula is C21H19F4N5O2. The number of fused-ring (bicyclic) bond motifs is 1. The van der Waals surface area contributed by atoms with Gasteiger partial charge in [0.15, 0.2) is 11.9 Å². The van der Waals surface area contributed by atoms with Gasteiger partial charge >= 0.3 is 6.18 Å². The highest BCUT2D eigenvalue weighted by Crippen LogP contribution is 2.32. The highest BCUT2D eigenvalue weighted by molar-refractivity contribution is 6.02. The van der Waals surface area contributed by atoms with Crippen LogP contribution in [0.25, 0.3) is 22.0 Å². The van der Waals surface area contributed by atoms with Crippen LogP contribution in [-0.2, 0) is 18.3 Å². The van der Waals surface area contributed by atoms with Crippen molar-refractivity contribution in [2.75, 3.05) is 19.7 Å². The summed E-state index contributed by atoms with van der Waals surface area (Å²) >= 11 is 0. The fourth-order valence-electron chi connectivity index (χ4n) is 3.70. The Hall–Kier alpha value is -3.18. The number of rotatable bonds is 4. The van der Waals surface area contributed by atoms with Gasteiger partial charge in [0, 0.05) is 49.4 Å². The molecule has 1 saturated heterocycles. The monoisotopic (exact) mass is 449 g/mol. The number of carbonyl (C=O) groups is 1. The van der Waals surface area contributed by atoms with Gasteiger partial charge in [0.1, 0.15) is 11.2 Å². The van der Waals surface area contributed by atoms with Gasteiger partial charge in [-0.3, -0.25) is 14.4 Å². The van der Waals surface area contributed by atoms with Crippen LogP contribution in [0, 0.1) is 5.82 Å². The first-order valence-corrected chi connectivity index (χ1v) is 9.70. The number of ether oxygens (including phenoxy) is 1. The van der Waals surface area contributed by atoms with Crippen molar-refractivity contribution in [2.45, 2.75) is 18.8 Å². The van der Waals surface area contributed by atoms with E-state index in [9.17, 15) is 18.0 Å². The summed E-state index contributed by atoms with van der Waals surface area (Å²) < 4.78 is 60.9. The molecule has 4 rings (SSSR count). The van der Waals surface area contributed by atoms with Crippen LogP contribution in [0.4, 0.5) is 17.6 Å². The van der Waals surface area contributed by atoms with E-state index in [0.717, 1.165) is 0 Å². The van der Waals surface area contributed by atoms with E-state index in [0.29, 0.717) is 16.5 Å². The van der Waals surface area contributed by atoms with Crippen LogP contribution < -0.4 is 0 Å². The summed E-state index contributed by atoms with van der Waals surface area (Å²) in [6.45, 7) is 2.89. The Kier molecular flexibility index (Phi) is 5.78. The van der Waals surface area contributed by atoms with E-state index in [4.69, 9.17) is 4.74 Å². The molecule has 0 aliphatic carbocycles. The molecule has 0 N–H and O–H groups in total. The molecule has 3 aromatic rings. The summed E-state index contributed by atoms with van der Waals surface area (Å²) in [7, 11) is 1.72. The maximum atomic E-state index is 15.5. The van der Waals surface area contributed by atoms with Crippen molar-refractivity contribution in [3.8, 4) is 11.1 Å². The van der Waals surface area contributed by atoms with E-state index in [1.807, 2.05) is 0 Å². The van der Waals surface area contributed by atoms with Crippen molar-refractivity contribution in [3.63, 3.8) is 0 Å². The third kappa shape index (κ3) is 4.26. The van der Waals surface area contributed by atoms with E-state index >= 15 is 4.39 Å². The normalized spacial score (nSPS) is 17.6. The minimum absolute atomic E-state index is 0.0561. The lowest BCUT2D eigenvalue weighted by Crippen LogP contribution is -2.48. The minimum Gasteiger partial charge on any atom is -0.366 e. The van der Waals surface area contributed by atoms with Gasteiger partial charge in [-0.15, -0.1) is 0 Å². The molecule has 0 radical (unpaired) electrons. The smallest absolute Gasteiger partial charge is 0.366 e. The molecule has 1 aliphatic rings. The summed E-state index contributed by atoms with van der Waals surface area (Å²) in [5, 5.41) is 4.55. The summed E-state index contributed by atoms with van der Waals surface area (Å²) in [6, 6.07) is 4.65. The topological polar surface area (TPSA) is 72.6 Å². The Bertz CT molecular complexity index is 1190. The number of halogens is 4. The zero-order chi connectivity index (χ0) is 23.0. The van der Waals surface area contributed by atoms with Crippen molar-refractivity contribution in [1.29, 1.82) is 0 Å². The van der Waals surface area contributed by atoms with Crippen LogP contribution in [0.3, 0.4) is 0 Å². The molecule has 11 heteroatoms. The van der Waals surface area contributed by atoms with Crippen molar-refractivity contribution in [1.82, 2.24) is 19.7 Å². The number of aliphatic imine (C=N–C) groups is 1. The number of aryl methyl sites for hydroxylation is 1. The largest absolute Gasteiger partial charge is 0.415 e. The second-order valence-electron chi connectivity index (χ2n) is 7.49. The van der Waals surface area contributed by atoms with Gasteiger partial charge < -0.3 is 4.74 Å². The van der Waals surface area contributed by atoms with Crippen molar-refractivity contribution >= 4 is 23.5 Å². The van der Waals surface area contributed by atoms with Crippen LogP contribution in [0.2, 0.25) is 0 Å². The van der Waals surface area contributed by atoms with Crippen LogP contribution in [-0.4, -0.2) is 64.3 Å². The first-order chi connectivity index (χ1) is 15.2. The number of carbonyl (C=O) groups excluding carboxylic acids is 1. The number of hydrogen-bond donors (Lipinski definition) is 0. The first-order valence-electron chi connectivity index (χ1n) is 9.70. The van der Waals surface area contributed by atoms with Crippen LogP contribution >= 0.6 is 0 Å². The average molecular weight is 449 g/mol. The maximum Gasteiger partial charge on any atom is 0.415 e. The van der Waals surface area contributed by atoms with Gasteiger partial charge in [-0.1, -0.05) is 12.1 Å². The molecule has 1 aliphatic heterocycles. The van der Waals surface area contributed by atoms with E-state index in [1.54, 1.807) is 30.2 Å². The summed E-state index contributed by atoms with van der Waals surface area (Å²) in [4.78, 5) is 21.1. The number of amides is 1. The number of morpholine rings is 1. The lowest BCUT2D eigenvalue weighted by Gasteiger charge is -2.33. The van der Waals surface area contributed by atoms with Crippen LogP contribution in [0.5, 0.6) is 0 Å². The third-order valence-electron chi connectivity index (χ3n) is 5.29. The first kappa shape index (κ1) is 22.0. The van der Waals surface area contributed by atoms with E-state index in [-0.39, 0.29) is 36.5 Å². The molecule has 0 unspecified atom stereocenters. The van der Waals surface area contributed by atoms with Crippen LogP contribution in [0.1, 0.15) is 16.1 Å². The SMILES string of the molecule is C=NC(=O)c1cc(-c2cnn(C)c2)c2ccc(CN3CCO[C@@H](C(F)(F)F)C3)c(F)c2n1. The van der Waals surface area contributed by atoms with Gasteiger partial charge in [-0.25, -0.2) is 14.4 Å². The summed E-state index contributed by atoms with van der Waals surface area (Å²) in [6.07, 6.45) is -3.13. The quantitative estimate of drug-likeness (QED) is 0.451. The number of aromatic nitrogens is 3. The van der Waals surface area contributed by atoms with E-state index < -0.39 is 30.5 Å².